The van der Waals surface area contributed by atoms with Crippen LogP contribution in [0.3, 0.4) is 0 Å². The van der Waals surface area contributed by atoms with Crippen molar-refractivity contribution < 1.29 is 14.3 Å². The molecule has 0 bridgehead atoms. The van der Waals surface area contributed by atoms with Crippen molar-refractivity contribution in [3.63, 3.8) is 0 Å². The molecule has 2 amide bonds. The third-order valence-corrected chi connectivity index (χ3v) is 11.4. The van der Waals surface area contributed by atoms with Crippen molar-refractivity contribution in [2.45, 2.75) is 56.3 Å². The number of amides is 2. The minimum atomic E-state index is 0.114. The number of hydrogen-bond donors (Lipinski definition) is 0. The average molecular weight is 746 g/mol. The Morgan fingerprint density at radius 2 is 1.42 bits per heavy atom. The predicted octanol–water partition coefficient (Wildman–Crippen LogP) is 9.94. The summed E-state index contributed by atoms with van der Waals surface area (Å²) in [6.07, 6.45) is 5.19. The van der Waals surface area contributed by atoms with Gasteiger partial charge in [-0.15, -0.1) is 11.8 Å². The number of nitrogens with zero attached hydrogens (tertiary/aromatic N) is 2. The Kier molecular flexibility index (Phi) is 11.8. The molecule has 0 saturated carbocycles. The molecule has 0 N–H and O–H groups in total. The van der Waals surface area contributed by atoms with Crippen LogP contribution in [0.15, 0.2) is 100 Å². The van der Waals surface area contributed by atoms with Crippen LogP contribution in [0, 0.1) is 11.8 Å². The van der Waals surface area contributed by atoms with Gasteiger partial charge in [-0.2, -0.15) is 0 Å². The molecule has 4 aromatic rings. The number of carbonyl (C=O) groups excluding carboxylic acids is 2. The molecule has 1 atom stereocenters. The van der Waals surface area contributed by atoms with E-state index in [0.29, 0.717) is 18.4 Å². The number of halogens is 2. The van der Waals surface area contributed by atoms with Gasteiger partial charge in [-0.1, -0.05) is 48.9 Å². The second kappa shape index (κ2) is 16.4. The summed E-state index contributed by atoms with van der Waals surface area (Å²) >= 11 is 11.4. The fourth-order valence-electron chi connectivity index (χ4n) is 6.54. The lowest BCUT2D eigenvalue weighted by Crippen LogP contribution is -2.39. The molecule has 8 heteroatoms. The molecule has 2 aliphatic heterocycles. The van der Waals surface area contributed by atoms with Crippen molar-refractivity contribution in [1.29, 1.82) is 0 Å². The van der Waals surface area contributed by atoms with E-state index in [1.165, 1.54) is 22.4 Å². The number of benzene rings is 4. The van der Waals surface area contributed by atoms with Crippen LogP contribution in [0.25, 0.3) is 0 Å². The molecule has 48 heavy (non-hydrogen) atoms. The number of piperidine rings is 2. The van der Waals surface area contributed by atoms with Gasteiger partial charge in [0.2, 0.25) is 0 Å². The monoisotopic (exact) mass is 744 g/mol. The van der Waals surface area contributed by atoms with Crippen LogP contribution in [0.5, 0.6) is 5.75 Å². The summed E-state index contributed by atoms with van der Waals surface area (Å²) in [5, 5.41) is 0.742. The minimum Gasteiger partial charge on any atom is -0.488 e. The van der Waals surface area contributed by atoms with E-state index >= 15 is 0 Å². The topological polar surface area (TPSA) is 49.9 Å². The number of hydrogen-bond acceptors (Lipinski definition) is 4. The van der Waals surface area contributed by atoms with Gasteiger partial charge in [-0.3, -0.25) is 9.59 Å². The first-order valence-corrected chi connectivity index (χ1v) is 19.0. The lowest BCUT2D eigenvalue weighted by molar-refractivity contribution is 0.0678. The minimum absolute atomic E-state index is 0.114. The molecule has 1 unspecified atom stereocenters. The van der Waals surface area contributed by atoms with Gasteiger partial charge in [-0.05, 0) is 137 Å². The maximum absolute atomic E-state index is 13.3. The van der Waals surface area contributed by atoms with Crippen LogP contribution in [-0.4, -0.2) is 47.8 Å². The fraction of sp³-hybridized carbons (Fsp3) is 0.350. The molecule has 5 nitrogen and oxygen atoms in total. The molecule has 2 fully saturated rings. The zero-order valence-corrected chi connectivity index (χ0v) is 30.5. The fourth-order valence-corrected chi connectivity index (χ4v) is 7.88. The Morgan fingerprint density at radius 1 is 0.792 bits per heavy atom. The SMILES string of the molecule is CC1CCCN(C(=O)c2ccc(COc3cc(CC4CCN(C(=O)c5ccc(CSc6ccc(Cl)cc6)cc5)CC4)ccc3Br)cc2)C1. The normalized spacial score (nSPS) is 16.9. The third-order valence-electron chi connectivity index (χ3n) is 9.38. The van der Waals surface area contributed by atoms with Gasteiger partial charge in [0.15, 0.2) is 0 Å². The van der Waals surface area contributed by atoms with Gasteiger partial charge in [0.1, 0.15) is 12.4 Å². The Bertz CT molecular complexity index is 1690. The second-order valence-corrected chi connectivity index (χ2v) is 15.5. The average Bonchev–Trinajstić information content (AvgIpc) is 3.12. The number of thioether (sulfide) groups is 1. The first kappa shape index (κ1) is 34.6. The van der Waals surface area contributed by atoms with E-state index in [1.807, 2.05) is 70.5 Å². The number of ether oxygens (including phenoxy) is 1. The quantitative estimate of drug-likeness (QED) is 0.152. The molecular weight excluding hydrogens is 704 g/mol. The first-order chi connectivity index (χ1) is 23.3. The van der Waals surface area contributed by atoms with Crippen molar-refractivity contribution >= 4 is 51.1 Å². The van der Waals surface area contributed by atoms with E-state index in [-0.39, 0.29) is 11.8 Å². The Balaban J connectivity index is 0.958. The molecular formula is C40H42BrClN2O3S. The van der Waals surface area contributed by atoms with E-state index in [9.17, 15) is 9.59 Å². The van der Waals surface area contributed by atoms with Gasteiger partial charge in [-0.25, -0.2) is 0 Å². The highest BCUT2D eigenvalue weighted by atomic mass is 79.9. The smallest absolute Gasteiger partial charge is 0.253 e. The van der Waals surface area contributed by atoms with E-state index < -0.39 is 0 Å². The van der Waals surface area contributed by atoms with Crippen LogP contribution in [0.2, 0.25) is 5.02 Å². The van der Waals surface area contributed by atoms with E-state index in [0.717, 1.165) is 89.6 Å². The number of rotatable bonds is 10. The molecule has 0 aliphatic carbocycles. The zero-order chi connectivity index (χ0) is 33.5. The van der Waals surface area contributed by atoms with Crippen LogP contribution in [-0.2, 0) is 18.8 Å². The molecule has 0 aromatic heterocycles. The molecule has 0 spiro atoms. The van der Waals surface area contributed by atoms with Gasteiger partial charge >= 0.3 is 0 Å². The highest BCUT2D eigenvalue weighted by molar-refractivity contribution is 9.10. The predicted molar refractivity (Wildman–Crippen MR) is 199 cm³/mol. The van der Waals surface area contributed by atoms with Gasteiger partial charge in [0.05, 0.1) is 4.47 Å². The zero-order valence-electron chi connectivity index (χ0n) is 27.4. The summed E-state index contributed by atoms with van der Waals surface area (Å²) in [5.41, 5.74) is 4.94. The van der Waals surface area contributed by atoms with E-state index in [4.69, 9.17) is 16.3 Å². The highest BCUT2D eigenvalue weighted by Crippen LogP contribution is 2.31. The van der Waals surface area contributed by atoms with E-state index in [2.05, 4.69) is 53.2 Å². The molecule has 250 valence electrons. The van der Waals surface area contributed by atoms with E-state index in [1.54, 1.807) is 11.8 Å². The van der Waals surface area contributed by atoms with Crippen LogP contribution in [0.4, 0.5) is 0 Å². The Morgan fingerprint density at radius 3 is 2.08 bits per heavy atom. The van der Waals surface area contributed by atoms with Crippen molar-refractivity contribution in [3.8, 4) is 5.75 Å². The second-order valence-electron chi connectivity index (χ2n) is 13.1. The van der Waals surface area contributed by atoms with Crippen molar-refractivity contribution in [2.24, 2.45) is 11.8 Å². The maximum Gasteiger partial charge on any atom is 0.253 e. The molecule has 4 aromatic carbocycles. The van der Waals surface area contributed by atoms with Crippen molar-refractivity contribution in [1.82, 2.24) is 9.80 Å². The maximum atomic E-state index is 13.3. The molecule has 2 aliphatic rings. The molecule has 0 radical (unpaired) electrons. The lowest BCUT2D eigenvalue weighted by atomic mass is 9.90. The number of likely N-dealkylation sites (tertiary alicyclic amines) is 2. The molecule has 2 heterocycles. The highest BCUT2D eigenvalue weighted by Gasteiger charge is 2.25. The standard InChI is InChI=1S/C40H42BrClN2O3S/c1-28-3-2-20-44(25-28)40(46)34-9-4-30(5-10-34)26-47-38-24-32(8-17-37(38)41)23-29-18-21-43(22-19-29)39(45)33-11-6-31(7-12-33)27-48-36-15-13-35(42)14-16-36/h4-17,24,28-29H,2-3,18-23,25-27H2,1H3. The first-order valence-electron chi connectivity index (χ1n) is 16.9. The summed E-state index contributed by atoms with van der Waals surface area (Å²) in [4.78, 5) is 31.4. The Labute approximate surface area is 302 Å². The summed E-state index contributed by atoms with van der Waals surface area (Å²) < 4.78 is 7.15. The summed E-state index contributed by atoms with van der Waals surface area (Å²) in [7, 11) is 0. The largest absolute Gasteiger partial charge is 0.488 e. The van der Waals surface area contributed by atoms with Crippen LogP contribution in [0.1, 0.15) is 70.0 Å². The summed E-state index contributed by atoms with van der Waals surface area (Å²) in [5.74, 6) is 2.98. The van der Waals surface area contributed by atoms with Crippen molar-refractivity contribution in [3.05, 3.63) is 128 Å². The molecule has 2 saturated heterocycles. The van der Waals surface area contributed by atoms with Crippen LogP contribution < -0.4 is 4.74 Å². The van der Waals surface area contributed by atoms with Crippen LogP contribution >= 0.6 is 39.3 Å². The summed E-state index contributed by atoms with van der Waals surface area (Å²) in [6.45, 7) is 5.87. The van der Waals surface area contributed by atoms with Gasteiger partial charge in [0.25, 0.3) is 11.8 Å². The van der Waals surface area contributed by atoms with Crippen molar-refractivity contribution in [2.75, 3.05) is 26.2 Å². The summed E-state index contributed by atoms with van der Waals surface area (Å²) in [6, 6.07) is 30.1. The van der Waals surface area contributed by atoms with Gasteiger partial charge < -0.3 is 14.5 Å². The van der Waals surface area contributed by atoms with Gasteiger partial charge in [0, 0.05) is 53.0 Å². The lowest BCUT2D eigenvalue weighted by Gasteiger charge is -2.32. The number of carbonyl (C=O) groups is 2. The molecule has 6 rings (SSSR count). The Hall–Kier alpha value is -3.26. The third kappa shape index (κ3) is 9.25.